The number of aryl methyl sites for hydroxylation is 1. The number of hydrogen-bond acceptors (Lipinski definition) is 5. The molecule has 0 bridgehead atoms. The second-order valence-corrected chi connectivity index (χ2v) is 7.95. The number of carbonyl (C=O) groups is 2. The summed E-state index contributed by atoms with van der Waals surface area (Å²) < 4.78 is 9.07. The van der Waals surface area contributed by atoms with Crippen molar-refractivity contribution in [2.24, 2.45) is 11.8 Å². The fourth-order valence-corrected chi connectivity index (χ4v) is 4.27. The lowest BCUT2D eigenvalue weighted by atomic mass is 9.76. The predicted octanol–water partition coefficient (Wildman–Crippen LogP) is 3.69. The molecule has 29 heavy (non-hydrogen) atoms. The number of anilines is 1. The second kappa shape index (κ2) is 13.3. The van der Waals surface area contributed by atoms with E-state index in [2.05, 4.69) is 22.3 Å². The predicted molar refractivity (Wildman–Crippen MR) is 115 cm³/mol. The van der Waals surface area contributed by atoms with E-state index >= 15 is 0 Å². The minimum absolute atomic E-state index is 0.00518. The van der Waals surface area contributed by atoms with Gasteiger partial charge in [-0.1, -0.05) is 49.8 Å². The van der Waals surface area contributed by atoms with Crippen LogP contribution in [0, 0.1) is 18.8 Å². The summed E-state index contributed by atoms with van der Waals surface area (Å²) in [5.41, 5.74) is 2.12. The highest BCUT2D eigenvalue weighted by molar-refractivity contribution is 5.95. The Bertz CT molecular complexity index is 599. The fourth-order valence-electron chi connectivity index (χ4n) is 4.27. The van der Waals surface area contributed by atoms with Gasteiger partial charge in [0.15, 0.2) is 0 Å². The maximum Gasteiger partial charge on any atom is 0.293 e. The van der Waals surface area contributed by atoms with Gasteiger partial charge in [0.25, 0.3) is 6.47 Å². The SMILES string of the molecule is COCCCOC=O.Cc1ccc(NC(=O)C2NCCC2C2CCCCC2)cc1. The molecule has 0 radical (unpaired) electrons. The molecule has 1 aliphatic heterocycles. The molecule has 3 rings (SSSR count). The van der Waals surface area contributed by atoms with Gasteiger partial charge >= 0.3 is 0 Å². The summed E-state index contributed by atoms with van der Waals surface area (Å²) in [5, 5.41) is 6.50. The van der Waals surface area contributed by atoms with E-state index in [9.17, 15) is 9.59 Å². The Morgan fingerprint density at radius 3 is 2.52 bits per heavy atom. The first kappa shape index (κ1) is 23.4. The topological polar surface area (TPSA) is 76.7 Å². The van der Waals surface area contributed by atoms with E-state index in [-0.39, 0.29) is 11.9 Å². The molecular formula is C23H36N2O4. The Labute approximate surface area is 174 Å². The van der Waals surface area contributed by atoms with Crippen molar-refractivity contribution >= 4 is 18.1 Å². The quantitative estimate of drug-likeness (QED) is 0.510. The molecule has 2 fully saturated rings. The van der Waals surface area contributed by atoms with Crippen LogP contribution in [0.1, 0.15) is 50.5 Å². The van der Waals surface area contributed by atoms with Gasteiger partial charge < -0.3 is 20.1 Å². The van der Waals surface area contributed by atoms with Gasteiger partial charge in [0.2, 0.25) is 5.91 Å². The first-order valence-electron chi connectivity index (χ1n) is 10.8. The van der Waals surface area contributed by atoms with Crippen LogP contribution in [0.3, 0.4) is 0 Å². The highest BCUT2D eigenvalue weighted by atomic mass is 16.5. The van der Waals surface area contributed by atoms with Crippen LogP contribution >= 0.6 is 0 Å². The zero-order valence-corrected chi connectivity index (χ0v) is 17.8. The molecule has 2 N–H and O–H groups in total. The average molecular weight is 405 g/mol. The number of ether oxygens (including phenoxy) is 2. The molecule has 1 aromatic carbocycles. The van der Waals surface area contributed by atoms with Crippen LogP contribution < -0.4 is 10.6 Å². The van der Waals surface area contributed by atoms with Gasteiger partial charge in [0.05, 0.1) is 12.6 Å². The summed E-state index contributed by atoms with van der Waals surface area (Å²) in [6.45, 7) is 4.58. The largest absolute Gasteiger partial charge is 0.468 e. The summed E-state index contributed by atoms with van der Waals surface area (Å²) >= 11 is 0. The third-order valence-corrected chi connectivity index (χ3v) is 5.81. The van der Waals surface area contributed by atoms with E-state index in [1.807, 2.05) is 24.3 Å². The zero-order valence-electron chi connectivity index (χ0n) is 17.8. The van der Waals surface area contributed by atoms with Gasteiger partial charge in [0, 0.05) is 25.8 Å². The molecular weight excluding hydrogens is 368 g/mol. The number of amides is 1. The van der Waals surface area contributed by atoms with Crippen molar-refractivity contribution in [2.75, 3.05) is 32.2 Å². The van der Waals surface area contributed by atoms with Gasteiger partial charge in [-0.3, -0.25) is 9.59 Å². The van der Waals surface area contributed by atoms with Crippen molar-refractivity contribution in [1.82, 2.24) is 5.32 Å². The normalized spacial score (nSPS) is 21.7. The molecule has 0 aromatic heterocycles. The van der Waals surface area contributed by atoms with E-state index in [1.54, 1.807) is 7.11 Å². The Morgan fingerprint density at radius 2 is 1.86 bits per heavy atom. The van der Waals surface area contributed by atoms with Crippen LogP contribution in [0.4, 0.5) is 5.69 Å². The molecule has 2 aliphatic rings. The molecule has 0 spiro atoms. The van der Waals surface area contributed by atoms with Crippen molar-refractivity contribution < 1.29 is 19.1 Å². The van der Waals surface area contributed by atoms with E-state index in [1.165, 1.54) is 37.7 Å². The van der Waals surface area contributed by atoms with Crippen LogP contribution in [0.25, 0.3) is 0 Å². The van der Waals surface area contributed by atoms with E-state index < -0.39 is 0 Å². The number of hydrogen-bond donors (Lipinski definition) is 2. The summed E-state index contributed by atoms with van der Waals surface area (Å²) in [5.74, 6) is 1.41. The molecule has 1 saturated heterocycles. The van der Waals surface area contributed by atoms with Gasteiger partial charge in [-0.2, -0.15) is 0 Å². The highest BCUT2D eigenvalue weighted by Gasteiger charge is 2.38. The molecule has 162 valence electrons. The Morgan fingerprint density at radius 1 is 1.14 bits per heavy atom. The molecule has 6 nitrogen and oxygen atoms in total. The molecule has 2 atom stereocenters. The van der Waals surface area contributed by atoms with Crippen LogP contribution in [0.2, 0.25) is 0 Å². The van der Waals surface area contributed by atoms with Crippen molar-refractivity contribution in [3.05, 3.63) is 29.8 Å². The number of benzene rings is 1. The molecule has 2 unspecified atom stereocenters. The maximum atomic E-state index is 12.6. The monoisotopic (exact) mass is 404 g/mol. The molecule has 1 aromatic rings. The third kappa shape index (κ3) is 8.15. The second-order valence-electron chi connectivity index (χ2n) is 7.95. The summed E-state index contributed by atoms with van der Waals surface area (Å²) in [7, 11) is 1.61. The minimum Gasteiger partial charge on any atom is -0.468 e. The maximum absolute atomic E-state index is 12.6. The third-order valence-electron chi connectivity index (χ3n) is 5.81. The first-order chi connectivity index (χ1) is 14.2. The number of nitrogens with one attached hydrogen (secondary N) is 2. The molecule has 6 heteroatoms. The molecule has 1 amide bonds. The van der Waals surface area contributed by atoms with Crippen molar-refractivity contribution in [3.8, 4) is 0 Å². The Hall–Kier alpha value is -1.92. The molecule has 1 heterocycles. The zero-order chi connectivity index (χ0) is 20.9. The van der Waals surface area contributed by atoms with Crippen molar-refractivity contribution in [3.63, 3.8) is 0 Å². The van der Waals surface area contributed by atoms with E-state index in [0.717, 1.165) is 31.0 Å². The molecule has 1 saturated carbocycles. The highest BCUT2D eigenvalue weighted by Crippen LogP contribution is 2.36. The van der Waals surface area contributed by atoms with Crippen LogP contribution in [0.5, 0.6) is 0 Å². The number of carbonyl (C=O) groups excluding carboxylic acids is 2. The van der Waals surface area contributed by atoms with Crippen LogP contribution in [-0.4, -0.2) is 45.3 Å². The number of rotatable bonds is 8. The van der Waals surface area contributed by atoms with Gasteiger partial charge in [0.1, 0.15) is 0 Å². The average Bonchev–Trinajstić information content (AvgIpc) is 3.24. The van der Waals surface area contributed by atoms with Gasteiger partial charge in [-0.15, -0.1) is 0 Å². The van der Waals surface area contributed by atoms with Crippen molar-refractivity contribution in [2.45, 2.75) is 57.9 Å². The Kier molecular flexibility index (Phi) is 10.7. The summed E-state index contributed by atoms with van der Waals surface area (Å²) in [4.78, 5) is 22.1. The smallest absolute Gasteiger partial charge is 0.293 e. The van der Waals surface area contributed by atoms with E-state index in [0.29, 0.717) is 25.6 Å². The summed E-state index contributed by atoms with van der Waals surface area (Å²) in [6, 6.07) is 8.04. The standard InChI is InChI=1S/C18H26N2O.C5H10O3/c1-13-7-9-15(10-8-13)20-18(21)17-16(11-12-19-17)14-5-3-2-4-6-14;1-7-3-2-4-8-5-6/h7-10,14,16-17,19H,2-6,11-12H2,1H3,(H,20,21);5H,2-4H2,1H3. The van der Waals surface area contributed by atoms with Gasteiger partial charge in [-0.25, -0.2) is 0 Å². The Balaban J connectivity index is 0.000000321. The first-order valence-corrected chi connectivity index (χ1v) is 10.8. The fraction of sp³-hybridized carbons (Fsp3) is 0.652. The van der Waals surface area contributed by atoms with Crippen LogP contribution in [-0.2, 0) is 19.1 Å². The molecule has 1 aliphatic carbocycles. The lowest BCUT2D eigenvalue weighted by Gasteiger charge is -2.30. The summed E-state index contributed by atoms with van der Waals surface area (Å²) in [6.07, 6.45) is 8.59. The minimum atomic E-state index is -0.00518. The van der Waals surface area contributed by atoms with Crippen LogP contribution in [0.15, 0.2) is 24.3 Å². The number of methoxy groups -OCH3 is 1. The lowest BCUT2D eigenvalue weighted by molar-refractivity contribution is -0.129. The van der Waals surface area contributed by atoms with Crippen molar-refractivity contribution in [1.29, 1.82) is 0 Å². The van der Waals surface area contributed by atoms with Gasteiger partial charge in [-0.05, 0) is 43.9 Å². The lowest BCUT2D eigenvalue weighted by Crippen LogP contribution is -2.42. The van der Waals surface area contributed by atoms with E-state index in [4.69, 9.17) is 4.74 Å².